The maximum Gasteiger partial charge on any atom is 0.290 e. The summed E-state index contributed by atoms with van der Waals surface area (Å²) in [6.45, 7) is 1.43. The Bertz CT molecular complexity index is 918. The summed E-state index contributed by atoms with van der Waals surface area (Å²) in [5.74, 6) is 0.386. The van der Waals surface area contributed by atoms with Crippen molar-refractivity contribution in [2.24, 2.45) is 0 Å². The zero-order valence-electron chi connectivity index (χ0n) is 12.0. The van der Waals surface area contributed by atoms with Gasteiger partial charge in [-0.1, -0.05) is 11.6 Å². The van der Waals surface area contributed by atoms with Gasteiger partial charge in [0.05, 0.1) is 10.4 Å². The first-order chi connectivity index (χ1) is 11.0. The van der Waals surface area contributed by atoms with E-state index in [2.05, 4.69) is 15.3 Å². The molecule has 0 aliphatic carbocycles. The highest BCUT2D eigenvalue weighted by Gasteiger charge is 2.18. The molecule has 0 fully saturated rings. The minimum absolute atomic E-state index is 0.00451. The summed E-state index contributed by atoms with van der Waals surface area (Å²) in [4.78, 5) is 28.8. The van der Waals surface area contributed by atoms with Gasteiger partial charge in [-0.05, 0) is 30.3 Å². The van der Waals surface area contributed by atoms with Gasteiger partial charge < -0.3 is 10.3 Å². The number of hydrogen-bond donors (Lipinski definition) is 2. The monoisotopic (exact) mass is 330 g/mol. The van der Waals surface area contributed by atoms with Crippen molar-refractivity contribution in [3.63, 3.8) is 0 Å². The van der Waals surface area contributed by atoms with Crippen LogP contribution in [0.25, 0.3) is 22.4 Å². The van der Waals surface area contributed by atoms with Crippen molar-refractivity contribution < 1.29 is 9.72 Å². The van der Waals surface area contributed by atoms with Gasteiger partial charge in [-0.3, -0.25) is 14.9 Å². The van der Waals surface area contributed by atoms with E-state index in [0.29, 0.717) is 22.5 Å². The minimum Gasteiger partial charge on any atom is -0.338 e. The van der Waals surface area contributed by atoms with E-state index in [1.165, 1.54) is 13.0 Å². The normalized spacial score (nSPS) is 10.7. The van der Waals surface area contributed by atoms with Crippen molar-refractivity contribution in [1.82, 2.24) is 9.97 Å². The van der Waals surface area contributed by atoms with Crippen molar-refractivity contribution >= 4 is 39.9 Å². The van der Waals surface area contributed by atoms with E-state index in [9.17, 15) is 14.9 Å². The number of nitrogens with zero attached hydrogens (tertiary/aromatic N) is 2. The number of carbonyl (C=O) groups is 1. The van der Waals surface area contributed by atoms with Crippen LogP contribution in [0.15, 0.2) is 36.4 Å². The van der Waals surface area contributed by atoms with Crippen molar-refractivity contribution in [3.8, 4) is 11.4 Å². The molecule has 0 atom stereocenters. The summed E-state index contributed by atoms with van der Waals surface area (Å²) < 4.78 is 0. The van der Waals surface area contributed by atoms with E-state index in [-0.39, 0.29) is 16.6 Å². The van der Waals surface area contributed by atoms with E-state index in [1.807, 2.05) is 0 Å². The molecule has 0 spiro atoms. The van der Waals surface area contributed by atoms with Crippen LogP contribution in [0.3, 0.4) is 0 Å². The van der Waals surface area contributed by atoms with Crippen LogP contribution in [0.5, 0.6) is 0 Å². The van der Waals surface area contributed by atoms with Crippen LogP contribution < -0.4 is 5.32 Å². The summed E-state index contributed by atoms with van der Waals surface area (Å²) in [7, 11) is 0. The molecule has 3 aromatic rings. The van der Waals surface area contributed by atoms with E-state index < -0.39 is 4.92 Å². The number of nitrogens with one attached hydrogen (secondary N) is 2. The van der Waals surface area contributed by atoms with Gasteiger partial charge in [0.25, 0.3) is 5.69 Å². The molecule has 0 saturated carbocycles. The highest BCUT2D eigenvalue weighted by molar-refractivity contribution is 6.37. The highest BCUT2D eigenvalue weighted by Crippen LogP contribution is 2.33. The number of anilines is 1. The SMILES string of the molecule is CC(=O)Nc1ccc(-c2nc3c(Cl)c([N+](=O)[O-])ccc3[nH]2)cc1. The smallest absolute Gasteiger partial charge is 0.290 e. The fraction of sp³-hybridized carbons (Fsp3) is 0.0667. The Hall–Kier alpha value is -2.93. The predicted molar refractivity (Wildman–Crippen MR) is 87.5 cm³/mol. The Kier molecular flexibility index (Phi) is 3.71. The van der Waals surface area contributed by atoms with E-state index in [1.54, 1.807) is 30.3 Å². The van der Waals surface area contributed by atoms with Crippen LogP contribution in [0.4, 0.5) is 11.4 Å². The van der Waals surface area contributed by atoms with Gasteiger partial charge in [0, 0.05) is 24.2 Å². The first kappa shape index (κ1) is 15.0. The third-order valence-electron chi connectivity index (χ3n) is 3.25. The van der Waals surface area contributed by atoms with Crippen molar-refractivity contribution in [2.45, 2.75) is 6.92 Å². The molecule has 2 N–H and O–H groups in total. The largest absolute Gasteiger partial charge is 0.338 e. The molecule has 0 aliphatic rings. The molecule has 116 valence electrons. The predicted octanol–water partition coefficient (Wildman–Crippen LogP) is 3.75. The Morgan fingerprint density at radius 1 is 1.26 bits per heavy atom. The number of rotatable bonds is 3. The van der Waals surface area contributed by atoms with Crippen LogP contribution in [-0.2, 0) is 4.79 Å². The van der Waals surface area contributed by atoms with E-state index >= 15 is 0 Å². The average molecular weight is 331 g/mol. The Morgan fingerprint density at radius 2 is 1.96 bits per heavy atom. The summed E-state index contributed by atoms with van der Waals surface area (Å²) in [6.07, 6.45) is 0. The third kappa shape index (κ3) is 2.86. The first-order valence-corrected chi connectivity index (χ1v) is 7.04. The standard InChI is InChI=1S/C15H11ClN4O3/c1-8(21)17-10-4-2-9(3-5-10)15-18-11-6-7-12(20(22)23)13(16)14(11)19-15/h2-7H,1H3,(H,17,21)(H,18,19). The number of H-pyrrole nitrogens is 1. The molecule has 3 rings (SSSR count). The number of fused-ring (bicyclic) bond motifs is 1. The van der Waals surface area contributed by atoms with Crippen molar-refractivity contribution in [1.29, 1.82) is 0 Å². The van der Waals surface area contributed by atoms with Gasteiger partial charge in [-0.25, -0.2) is 4.98 Å². The molecule has 0 unspecified atom stereocenters. The molecule has 2 aromatic carbocycles. The fourth-order valence-corrected chi connectivity index (χ4v) is 2.50. The number of aromatic nitrogens is 2. The number of imidazole rings is 1. The molecule has 7 nitrogen and oxygen atoms in total. The maximum atomic E-state index is 11.0. The van der Waals surface area contributed by atoms with Gasteiger partial charge >= 0.3 is 0 Å². The molecular weight excluding hydrogens is 320 g/mol. The molecular formula is C15H11ClN4O3. The van der Waals surface area contributed by atoms with Crippen LogP contribution in [-0.4, -0.2) is 20.8 Å². The molecule has 23 heavy (non-hydrogen) atoms. The van der Waals surface area contributed by atoms with Gasteiger partial charge in [0.15, 0.2) is 0 Å². The summed E-state index contributed by atoms with van der Waals surface area (Å²) in [6, 6.07) is 9.96. The number of nitro benzene ring substituents is 1. The number of halogens is 1. The maximum absolute atomic E-state index is 11.0. The van der Waals surface area contributed by atoms with Gasteiger partial charge in [0.1, 0.15) is 16.4 Å². The molecule has 0 saturated heterocycles. The second-order valence-electron chi connectivity index (χ2n) is 4.90. The lowest BCUT2D eigenvalue weighted by atomic mass is 10.2. The minimum atomic E-state index is -0.543. The van der Waals surface area contributed by atoms with Crippen molar-refractivity contribution in [3.05, 3.63) is 51.5 Å². The second kappa shape index (κ2) is 5.69. The molecule has 0 aliphatic heterocycles. The summed E-state index contributed by atoms with van der Waals surface area (Å²) >= 11 is 6.05. The number of aromatic amines is 1. The number of amides is 1. The average Bonchev–Trinajstić information content (AvgIpc) is 2.92. The number of nitro groups is 1. The van der Waals surface area contributed by atoms with Crippen LogP contribution in [0.1, 0.15) is 6.92 Å². The first-order valence-electron chi connectivity index (χ1n) is 6.66. The molecule has 8 heteroatoms. The Labute approximate surface area is 135 Å². The molecule has 0 radical (unpaired) electrons. The topological polar surface area (TPSA) is 101 Å². The van der Waals surface area contributed by atoms with Crippen molar-refractivity contribution in [2.75, 3.05) is 5.32 Å². The molecule has 1 heterocycles. The number of carbonyl (C=O) groups excluding carboxylic acids is 1. The van der Waals surface area contributed by atoms with E-state index in [0.717, 1.165) is 5.56 Å². The van der Waals surface area contributed by atoms with Gasteiger partial charge in [0.2, 0.25) is 5.91 Å². The Morgan fingerprint density at radius 3 is 2.57 bits per heavy atom. The molecule has 0 bridgehead atoms. The van der Waals surface area contributed by atoms with Crippen LogP contribution >= 0.6 is 11.6 Å². The lowest BCUT2D eigenvalue weighted by Crippen LogP contribution is -2.05. The third-order valence-corrected chi connectivity index (χ3v) is 3.62. The number of benzene rings is 2. The second-order valence-corrected chi connectivity index (χ2v) is 5.27. The van der Waals surface area contributed by atoms with Gasteiger partial charge in [-0.15, -0.1) is 0 Å². The number of hydrogen-bond acceptors (Lipinski definition) is 4. The lowest BCUT2D eigenvalue weighted by Gasteiger charge is -2.02. The molecule has 1 amide bonds. The quantitative estimate of drug-likeness (QED) is 0.564. The zero-order valence-corrected chi connectivity index (χ0v) is 12.7. The van der Waals surface area contributed by atoms with E-state index in [4.69, 9.17) is 11.6 Å². The highest BCUT2D eigenvalue weighted by atomic mass is 35.5. The van der Waals surface area contributed by atoms with Gasteiger partial charge in [-0.2, -0.15) is 0 Å². The van der Waals surface area contributed by atoms with Crippen LogP contribution in [0, 0.1) is 10.1 Å². The fourth-order valence-electron chi connectivity index (χ4n) is 2.22. The summed E-state index contributed by atoms with van der Waals surface area (Å²) in [5, 5.41) is 13.6. The van der Waals surface area contributed by atoms with Crippen LogP contribution in [0.2, 0.25) is 5.02 Å². The Balaban J connectivity index is 2.02. The molecule has 1 aromatic heterocycles. The lowest BCUT2D eigenvalue weighted by molar-refractivity contribution is -0.384. The zero-order chi connectivity index (χ0) is 16.6. The summed E-state index contributed by atoms with van der Waals surface area (Å²) in [5.41, 5.74) is 2.22.